The quantitative estimate of drug-likeness (QED) is 0.581. The van der Waals surface area contributed by atoms with Crippen LogP contribution in [-0.2, 0) is 20.9 Å². The molecule has 0 aromatic heterocycles. The number of carbonyl (C=O) groups is 2. The van der Waals surface area contributed by atoms with Gasteiger partial charge in [0, 0.05) is 32.7 Å². The fraction of sp³-hybridized carbons (Fsp3) is 0.600. The molecule has 1 fully saturated rings. The largest absolute Gasteiger partial charge is 0.447 e. The molecule has 1 aliphatic heterocycles. The highest BCUT2D eigenvalue weighted by molar-refractivity contribution is 5.77. The molecule has 1 aromatic rings. The molecule has 1 heterocycles. The van der Waals surface area contributed by atoms with Crippen molar-refractivity contribution in [3.05, 3.63) is 35.4 Å². The molecule has 7 heteroatoms. The molecule has 1 aromatic carbocycles. The maximum atomic E-state index is 12.1. The van der Waals surface area contributed by atoms with Crippen LogP contribution in [0.5, 0.6) is 0 Å². The first kappa shape index (κ1) is 21.2. The van der Waals surface area contributed by atoms with E-state index in [2.05, 4.69) is 46.5 Å². The van der Waals surface area contributed by atoms with Crippen molar-refractivity contribution in [3.8, 4) is 0 Å². The smallest absolute Gasteiger partial charge is 0.440 e. The van der Waals surface area contributed by atoms with Crippen LogP contribution in [0.3, 0.4) is 0 Å². The highest BCUT2D eigenvalue weighted by atomic mass is 16.7. The lowest BCUT2D eigenvalue weighted by molar-refractivity contribution is -0.156. The summed E-state index contributed by atoms with van der Waals surface area (Å²) in [6.45, 7) is 10.5. The van der Waals surface area contributed by atoms with Crippen molar-refractivity contribution < 1.29 is 19.2 Å². The van der Waals surface area contributed by atoms with Gasteiger partial charge in [0.2, 0.25) is 0 Å². The first-order valence-electron chi connectivity index (χ1n) is 9.65. The lowest BCUT2D eigenvalue weighted by atomic mass is 10.1. The van der Waals surface area contributed by atoms with Gasteiger partial charge in [-0.3, -0.25) is 9.80 Å². The minimum Gasteiger partial charge on any atom is -0.447 e. The molecule has 1 amide bonds. The lowest BCUT2D eigenvalue weighted by Gasteiger charge is -2.36. The molecule has 0 saturated carbocycles. The third kappa shape index (κ3) is 7.19. The van der Waals surface area contributed by atoms with Crippen molar-refractivity contribution in [3.63, 3.8) is 0 Å². The fourth-order valence-corrected chi connectivity index (χ4v) is 2.93. The first-order valence-corrected chi connectivity index (χ1v) is 9.65. The van der Waals surface area contributed by atoms with Crippen LogP contribution in [0, 0.1) is 6.92 Å². The summed E-state index contributed by atoms with van der Waals surface area (Å²) in [4.78, 5) is 32.9. The zero-order valence-corrected chi connectivity index (χ0v) is 16.6. The van der Waals surface area contributed by atoms with E-state index in [9.17, 15) is 9.59 Å². The second-order valence-electron chi connectivity index (χ2n) is 6.99. The van der Waals surface area contributed by atoms with Gasteiger partial charge in [0.1, 0.15) is 6.04 Å². The van der Waals surface area contributed by atoms with Gasteiger partial charge in [-0.2, -0.15) is 0 Å². The molecular formula is C20H31N3O4. The summed E-state index contributed by atoms with van der Waals surface area (Å²) in [6.07, 6.45) is 0.983. The predicted molar refractivity (Wildman–Crippen MR) is 103 cm³/mol. The Balaban J connectivity index is 1.68. The van der Waals surface area contributed by atoms with E-state index in [1.165, 1.54) is 11.1 Å². The van der Waals surface area contributed by atoms with E-state index in [0.29, 0.717) is 6.61 Å². The Morgan fingerprint density at radius 1 is 1.15 bits per heavy atom. The van der Waals surface area contributed by atoms with Crippen LogP contribution in [-0.4, -0.2) is 60.7 Å². The Kier molecular flexibility index (Phi) is 8.54. The molecule has 0 spiro atoms. The van der Waals surface area contributed by atoms with Crippen molar-refractivity contribution in [2.24, 2.45) is 0 Å². The van der Waals surface area contributed by atoms with E-state index in [-0.39, 0.29) is 0 Å². The van der Waals surface area contributed by atoms with Crippen molar-refractivity contribution >= 4 is 12.1 Å². The number of nitrogens with zero attached hydrogens (tertiary/aromatic N) is 2. The Morgan fingerprint density at radius 2 is 1.81 bits per heavy atom. The van der Waals surface area contributed by atoms with Gasteiger partial charge in [-0.1, -0.05) is 43.2 Å². The minimum atomic E-state index is -0.730. The first-order chi connectivity index (χ1) is 13.0. The third-order valence-electron chi connectivity index (χ3n) is 4.79. The minimum absolute atomic E-state index is 0.318. The monoisotopic (exact) mass is 377 g/mol. The van der Waals surface area contributed by atoms with Crippen molar-refractivity contribution in [1.29, 1.82) is 0 Å². The maximum absolute atomic E-state index is 12.1. The summed E-state index contributed by atoms with van der Waals surface area (Å²) in [6, 6.07) is 8.16. The van der Waals surface area contributed by atoms with Crippen molar-refractivity contribution in [1.82, 2.24) is 15.3 Å². The molecule has 1 saturated heterocycles. The number of nitrogens with one attached hydrogen (secondary N) is 1. The van der Waals surface area contributed by atoms with E-state index in [1.807, 2.05) is 6.92 Å². The Bertz CT molecular complexity index is 598. The standard InChI is InChI=1S/C20H31N3O4/c1-4-5-14-26-20(25)21-27-19(24)17(3)23-12-10-22(11-13-23)15-18-8-6-16(2)7-9-18/h6-9,17H,4-5,10-15H2,1-3H3,(H,21,25). The summed E-state index contributed by atoms with van der Waals surface area (Å²) in [7, 11) is 0. The molecule has 0 radical (unpaired) electrons. The zero-order chi connectivity index (χ0) is 19.6. The average molecular weight is 377 g/mol. The summed E-state index contributed by atoms with van der Waals surface area (Å²) < 4.78 is 4.89. The average Bonchev–Trinajstić information content (AvgIpc) is 2.68. The van der Waals surface area contributed by atoms with E-state index in [4.69, 9.17) is 9.57 Å². The highest BCUT2D eigenvalue weighted by Gasteiger charge is 2.27. The summed E-state index contributed by atoms with van der Waals surface area (Å²) in [5.74, 6) is -0.477. The van der Waals surface area contributed by atoms with E-state index in [0.717, 1.165) is 45.6 Å². The summed E-state index contributed by atoms with van der Waals surface area (Å²) in [5.41, 5.74) is 4.62. The molecule has 1 aliphatic rings. The second-order valence-corrected chi connectivity index (χ2v) is 6.99. The van der Waals surface area contributed by atoms with Crippen LogP contribution in [0.4, 0.5) is 4.79 Å². The number of piperazine rings is 1. The molecule has 27 heavy (non-hydrogen) atoms. The Hall–Kier alpha value is -2.12. The normalized spacial score (nSPS) is 16.6. The van der Waals surface area contributed by atoms with Gasteiger partial charge in [0.15, 0.2) is 0 Å². The van der Waals surface area contributed by atoms with Gasteiger partial charge >= 0.3 is 12.1 Å². The van der Waals surface area contributed by atoms with Gasteiger partial charge in [-0.05, 0) is 25.8 Å². The van der Waals surface area contributed by atoms with Gasteiger partial charge in [-0.15, -0.1) is 5.48 Å². The topological polar surface area (TPSA) is 71.1 Å². The number of rotatable bonds is 7. The number of benzene rings is 1. The van der Waals surface area contributed by atoms with Crippen LogP contribution in [0.25, 0.3) is 0 Å². The van der Waals surface area contributed by atoms with E-state index >= 15 is 0 Å². The molecule has 1 unspecified atom stereocenters. The van der Waals surface area contributed by atoms with E-state index < -0.39 is 18.1 Å². The number of aryl methyl sites for hydroxylation is 1. The number of hydroxylamine groups is 1. The molecule has 0 aliphatic carbocycles. The molecule has 0 bridgehead atoms. The maximum Gasteiger partial charge on any atom is 0.440 e. The molecule has 2 rings (SSSR count). The van der Waals surface area contributed by atoms with E-state index in [1.54, 1.807) is 6.92 Å². The second kappa shape index (κ2) is 10.9. The van der Waals surface area contributed by atoms with Crippen LogP contribution in [0.15, 0.2) is 24.3 Å². The molecule has 150 valence electrons. The Morgan fingerprint density at radius 3 is 2.44 bits per heavy atom. The van der Waals surface area contributed by atoms with Crippen LogP contribution in [0.2, 0.25) is 0 Å². The number of hydrogen-bond donors (Lipinski definition) is 1. The van der Waals surface area contributed by atoms with Crippen LogP contribution in [0.1, 0.15) is 37.8 Å². The molecular weight excluding hydrogens is 346 g/mol. The Labute approximate surface area is 161 Å². The fourth-order valence-electron chi connectivity index (χ4n) is 2.93. The molecule has 1 atom stereocenters. The van der Waals surface area contributed by atoms with Crippen LogP contribution >= 0.6 is 0 Å². The van der Waals surface area contributed by atoms with Gasteiger partial charge in [-0.25, -0.2) is 9.59 Å². The van der Waals surface area contributed by atoms with Gasteiger partial charge in [0.25, 0.3) is 0 Å². The van der Waals surface area contributed by atoms with Crippen molar-refractivity contribution in [2.45, 2.75) is 46.2 Å². The number of unbranched alkanes of at least 4 members (excludes halogenated alkanes) is 1. The summed E-state index contributed by atoms with van der Waals surface area (Å²) in [5, 5.41) is 0. The van der Waals surface area contributed by atoms with Gasteiger partial charge in [0.05, 0.1) is 6.61 Å². The molecule has 1 N–H and O–H groups in total. The predicted octanol–water partition coefficient (Wildman–Crippen LogP) is 2.49. The zero-order valence-electron chi connectivity index (χ0n) is 16.6. The number of amides is 1. The third-order valence-corrected chi connectivity index (χ3v) is 4.79. The number of hydrogen-bond acceptors (Lipinski definition) is 6. The number of carbonyl (C=O) groups excluding carboxylic acids is 2. The lowest BCUT2D eigenvalue weighted by Crippen LogP contribution is -2.52. The van der Waals surface area contributed by atoms with Crippen LogP contribution < -0.4 is 5.48 Å². The highest BCUT2D eigenvalue weighted by Crippen LogP contribution is 2.12. The SMILES string of the molecule is CCCCOC(=O)NOC(=O)C(C)N1CCN(Cc2ccc(C)cc2)CC1. The number of ether oxygens (including phenoxy) is 1. The molecule has 7 nitrogen and oxygen atoms in total. The van der Waals surface area contributed by atoms with Crippen molar-refractivity contribution in [2.75, 3.05) is 32.8 Å². The van der Waals surface area contributed by atoms with Gasteiger partial charge < -0.3 is 9.57 Å². The summed E-state index contributed by atoms with van der Waals surface area (Å²) >= 11 is 0.